The third kappa shape index (κ3) is 1.47. The molecule has 0 atom stereocenters. The van der Waals surface area contributed by atoms with E-state index in [1.807, 2.05) is 4.98 Å². The van der Waals surface area contributed by atoms with Gasteiger partial charge in [0.25, 0.3) is 12.0 Å². The van der Waals surface area contributed by atoms with E-state index in [0.717, 1.165) is 23.5 Å². The summed E-state index contributed by atoms with van der Waals surface area (Å²) in [6, 6.07) is 0.683. The third-order valence-electron chi connectivity index (χ3n) is 2.13. The molecule has 0 radical (unpaired) electrons. The van der Waals surface area contributed by atoms with Gasteiger partial charge in [-0.05, 0) is 12.8 Å². The molecule has 76 valence electrons. The van der Waals surface area contributed by atoms with Crippen molar-refractivity contribution in [1.82, 2.24) is 9.55 Å². The summed E-state index contributed by atoms with van der Waals surface area (Å²) in [6.45, 7) is 0. The van der Waals surface area contributed by atoms with Gasteiger partial charge >= 0.3 is 5.69 Å². The van der Waals surface area contributed by atoms with Crippen LogP contribution in [0.5, 0.6) is 0 Å². The van der Waals surface area contributed by atoms with Gasteiger partial charge in [0.1, 0.15) is 0 Å². The topological polar surface area (TPSA) is 54.9 Å². The average Bonchev–Trinajstić information content (AvgIpc) is 2.86. The van der Waals surface area contributed by atoms with Gasteiger partial charge in [-0.25, -0.2) is 13.6 Å². The molecule has 1 aliphatic carbocycles. The number of nitrogens with zero attached hydrogens (tertiary/aromatic N) is 1. The van der Waals surface area contributed by atoms with Crippen LogP contribution in [0.25, 0.3) is 0 Å². The van der Waals surface area contributed by atoms with Crippen LogP contribution < -0.4 is 11.2 Å². The Morgan fingerprint density at radius 1 is 1.43 bits per heavy atom. The minimum atomic E-state index is -2.82. The van der Waals surface area contributed by atoms with Crippen LogP contribution in [0.3, 0.4) is 0 Å². The smallest absolute Gasteiger partial charge is 0.306 e. The molecular formula is C8H8F2N2O2. The number of halogens is 2. The SMILES string of the molecule is O=c1cc(C(F)F)[nH]c(=O)n1C1CC1. The van der Waals surface area contributed by atoms with Gasteiger partial charge < -0.3 is 4.98 Å². The van der Waals surface area contributed by atoms with E-state index < -0.39 is 23.4 Å². The van der Waals surface area contributed by atoms with Crippen LogP contribution in [0.4, 0.5) is 8.78 Å². The third-order valence-corrected chi connectivity index (χ3v) is 2.13. The van der Waals surface area contributed by atoms with Gasteiger partial charge in [0.15, 0.2) is 0 Å². The summed E-state index contributed by atoms with van der Waals surface area (Å²) in [5.74, 6) is 0. The van der Waals surface area contributed by atoms with Gasteiger partial charge in [0.2, 0.25) is 0 Å². The quantitative estimate of drug-likeness (QED) is 0.771. The second-order valence-corrected chi connectivity index (χ2v) is 3.27. The Labute approximate surface area is 77.2 Å². The molecule has 0 aliphatic heterocycles. The van der Waals surface area contributed by atoms with Crippen LogP contribution in [0.2, 0.25) is 0 Å². The molecule has 6 heteroatoms. The normalized spacial score (nSPS) is 16.2. The van der Waals surface area contributed by atoms with E-state index in [4.69, 9.17) is 0 Å². The molecular weight excluding hydrogens is 194 g/mol. The van der Waals surface area contributed by atoms with Gasteiger partial charge in [0, 0.05) is 12.1 Å². The van der Waals surface area contributed by atoms with Crippen LogP contribution in [-0.2, 0) is 0 Å². The predicted molar refractivity (Wildman–Crippen MR) is 44.6 cm³/mol. The molecule has 4 nitrogen and oxygen atoms in total. The molecule has 1 aromatic rings. The fraction of sp³-hybridized carbons (Fsp3) is 0.500. The molecule has 1 fully saturated rings. The van der Waals surface area contributed by atoms with Crippen molar-refractivity contribution in [3.8, 4) is 0 Å². The fourth-order valence-corrected chi connectivity index (χ4v) is 1.32. The zero-order valence-electron chi connectivity index (χ0n) is 7.17. The zero-order chi connectivity index (χ0) is 10.3. The highest BCUT2D eigenvalue weighted by Crippen LogP contribution is 2.32. The minimum Gasteiger partial charge on any atom is -0.306 e. The molecule has 1 aliphatic rings. The highest BCUT2D eigenvalue weighted by molar-refractivity contribution is 5.03. The highest BCUT2D eigenvalue weighted by Gasteiger charge is 2.27. The van der Waals surface area contributed by atoms with Crippen LogP contribution in [-0.4, -0.2) is 9.55 Å². The molecule has 14 heavy (non-hydrogen) atoms. The Morgan fingerprint density at radius 2 is 2.07 bits per heavy atom. The van der Waals surface area contributed by atoms with Crippen LogP contribution in [0.15, 0.2) is 15.7 Å². The first-order chi connectivity index (χ1) is 6.59. The van der Waals surface area contributed by atoms with Crippen molar-refractivity contribution in [3.05, 3.63) is 32.6 Å². The Kier molecular flexibility index (Phi) is 1.98. The summed E-state index contributed by atoms with van der Waals surface area (Å²) in [6.07, 6.45) is -1.29. The van der Waals surface area contributed by atoms with Crippen LogP contribution in [0.1, 0.15) is 31.0 Å². The van der Waals surface area contributed by atoms with Gasteiger partial charge in [0.05, 0.1) is 5.69 Å². The number of H-pyrrole nitrogens is 1. The molecule has 2 rings (SSSR count). The molecule has 1 N–H and O–H groups in total. The lowest BCUT2D eigenvalue weighted by molar-refractivity contribution is 0.145. The minimum absolute atomic E-state index is 0.0991. The lowest BCUT2D eigenvalue weighted by atomic mass is 10.4. The molecule has 0 spiro atoms. The first kappa shape index (κ1) is 9.11. The number of alkyl halides is 2. The predicted octanol–water partition coefficient (Wildman–Crippen LogP) is 0.809. The van der Waals surface area contributed by atoms with Gasteiger partial charge in [-0.2, -0.15) is 0 Å². The molecule has 0 saturated heterocycles. The van der Waals surface area contributed by atoms with Crippen LogP contribution >= 0.6 is 0 Å². The summed E-state index contributed by atoms with van der Waals surface area (Å²) >= 11 is 0. The monoisotopic (exact) mass is 202 g/mol. The Hall–Kier alpha value is -1.46. The van der Waals surface area contributed by atoms with Crippen LogP contribution in [0, 0.1) is 0 Å². The largest absolute Gasteiger partial charge is 0.328 e. The highest BCUT2D eigenvalue weighted by atomic mass is 19.3. The summed E-state index contributed by atoms with van der Waals surface area (Å²) in [4.78, 5) is 24.5. The van der Waals surface area contributed by atoms with Gasteiger partial charge in [-0.3, -0.25) is 9.36 Å². The van der Waals surface area contributed by atoms with E-state index in [1.165, 1.54) is 0 Å². The van der Waals surface area contributed by atoms with E-state index in [2.05, 4.69) is 0 Å². The number of aromatic nitrogens is 2. The summed E-state index contributed by atoms with van der Waals surface area (Å²) < 4.78 is 25.3. The second-order valence-electron chi connectivity index (χ2n) is 3.27. The molecule has 1 heterocycles. The maximum atomic E-state index is 12.2. The van der Waals surface area contributed by atoms with E-state index in [1.54, 1.807) is 0 Å². The molecule has 1 saturated carbocycles. The average molecular weight is 202 g/mol. The molecule has 1 aromatic heterocycles. The zero-order valence-corrected chi connectivity index (χ0v) is 7.17. The van der Waals surface area contributed by atoms with Crippen molar-refractivity contribution in [2.45, 2.75) is 25.3 Å². The van der Waals surface area contributed by atoms with Gasteiger partial charge in [-0.1, -0.05) is 0 Å². The lowest BCUT2D eigenvalue weighted by Crippen LogP contribution is -2.34. The Bertz CT molecular complexity index is 428. The maximum Gasteiger partial charge on any atom is 0.328 e. The first-order valence-corrected chi connectivity index (χ1v) is 4.23. The number of aromatic amines is 1. The molecule has 0 bridgehead atoms. The maximum absolute atomic E-state index is 12.2. The summed E-state index contributed by atoms with van der Waals surface area (Å²) in [5, 5.41) is 0. The van der Waals surface area contributed by atoms with E-state index in [-0.39, 0.29) is 6.04 Å². The molecule has 0 amide bonds. The standard InChI is InChI=1S/C8H8F2N2O2/c9-7(10)5-3-6(13)12(4-1-2-4)8(14)11-5/h3-4,7H,1-2H2,(H,11,14). The van der Waals surface area contributed by atoms with Crippen molar-refractivity contribution in [1.29, 1.82) is 0 Å². The van der Waals surface area contributed by atoms with Crippen molar-refractivity contribution in [2.24, 2.45) is 0 Å². The number of nitrogens with one attached hydrogen (secondary N) is 1. The Morgan fingerprint density at radius 3 is 2.50 bits per heavy atom. The number of hydrogen-bond donors (Lipinski definition) is 1. The fourth-order valence-electron chi connectivity index (χ4n) is 1.32. The van der Waals surface area contributed by atoms with E-state index in [0.29, 0.717) is 0 Å². The van der Waals surface area contributed by atoms with Crippen molar-refractivity contribution in [3.63, 3.8) is 0 Å². The summed E-state index contributed by atoms with van der Waals surface area (Å²) in [5.41, 5.74) is -2.00. The van der Waals surface area contributed by atoms with E-state index in [9.17, 15) is 18.4 Å². The first-order valence-electron chi connectivity index (χ1n) is 4.23. The number of rotatable bonds is 2. The van der Waals surface area contributed by atoms with Crippen molar-refractivity contribution < 1.29 is 8.78 Å². The van der Waals surface area contributed by atoms with Crippen molar-refractivity contribution in [2.75, 3.05) is 0 Å². The lowest BCUT2D eigenvalue weighted by Gasteiger charge is -2.03. The molecule has 0 unspecified atom stereocenters. The number of hydrogen-bond acceptors (Lipinski definition) is 2. The molecule has 0 aromatic carbocycles. The Balaban J connectivity index is 2.55. The van der Waals surface area contributed by atoms with E-state index >= 15 is 0 Å². The summed E-state index contributed by atoms with van der Waals surface area (Å²) in [7, 11) is 0. The van der Waals surface area contributed by atoms with Gasteiger partial charge in [-0.15, -0.1) is 0 Å². The van der Waals surface area contributed by atoms with Crippen molar-refractivity contribution >= 4 is 0 Å². The second kappa shape index (κ2) is 3.04.